The van der Waals surface area contributed by atoms with E-state index in [1.807, 2.05) is 6.08 Å². The van der Waals surface area contributed by atoms with E-state index in [4.69, 9.17) is 4.74 Å². The average Bonchev–Trinajstić information content (AvgIpc) is 3.40. The van der Waals surface area contributed by atoms with E-state index in [1.54, 1.807) is 6.08 Å². The molecule has 0 aromatic rings. The summed E-state index contributed by atoms with van der Waals surface area (Å²) in [5.74, 6) is -0.0666. The maximum absolute atomic E-state index is 12.5. The summed E-state index contributed by atoms with van der Waals surface area (Å²) >= 11 is 0. The molecule has 2 unspecified atom stereocenters. The molecule has 0 aliphatic carbocycles. The fraction of sp³-hybridized carbons (Fsp3) is 0.882. The zero-order chi connectivity index (χ0) is 53.6. The first-order valence-corrected chi connectivity index (χ1v) is 33.3. The third-order valence-corrected chi connectivity index (χ3v) is 15.4. The lowest BCUT2D eigenvalue weighted by atomic mass is 10.0. The molecule has 0 radical (unpaired) electrons. The first-order valence-electron chi connectivity index (χ1n) is 33.3. The summed E-state index contributed by atoms with van der Waals surface area (Å²) < 4.78 is 5.49. The number of ether oxygens (including phenoxy) is 1. The van der Waals surface area contributed by atoms with Gasteiger partial charge >= 0.3 is 5.97 Å². The van der Waals surface area contributed by atoms with Crippen molar-refractivity contribution in [2.24, 2.45) is 0 Å². The lowest BCUT2D eigenvalue weighted by Gasteiger charge is -2.20. The fourth-order valence-electron chi connectivity index (χ4n) is 10.3. The molecule has 0 aromatic carbocycles. The van der Waals surface area contributed by atoms with E-state index in [2.05, 4.69) is 43.5 Å². The number of carbonyl (C=O) groups excluding carboxylic acids is 2. The van der Waals surface area contributed by atoms with Crippen molar-refractivity contribution < 1.29 is 24.5 Å². The highest BCUT2D eigenvalue weighted by Crippen LogP contribution is 2.18. The van der Waals surface area contributed by atoms with Crippen LogP contribution >= 0.6 is 0 Å². The van der Waals surface area contributed by atoms with Crippen LogP contribution in [0.2, 0.25) is 0 Å². The predicted octanol–water partition coefficient (Wildman–Crippen LogP) is 21.1. The van der Waals surface area contributed by atoms with Gasteiger partial charge in [-0.3, -0.25) is 9.59 Å². The molecule has 436 valence electrons. The highest BCUT2D eigenvalue weighted by atomic mass is 16.5. The van der Waals surface area contributed by atoms with Crippen LogP contribution < -0.4 is 5.32 Å². The molecular weight excluding hydrogens is 911 g/mol. The Hall–Kier alpha value is -1.92. The molecule has 0 rings (SSSR count). The molecule has 2 atom stereocenters. The van der Waals surface area contributed by atoms with Crippen molar-refractivity contribution >= 4 is 11.9 Å². The van der Waals surface area contributed by atoms with Gasteiger partial charge in [0, 0.05) is 12.8 Å². The van der Waals surface area contributed by atoms with Crippen LogP contribution in [0.25, 0.3) is 0 Å². The molecule has 0 heterocycles. The molecule has 0 aliphatic heterocycles. The lowest BCUT2D eigenvalue weighted by Crippen LogP contribution is -2.45. The highest BCUT2D eigenvalue weighted by molar-refractivity contribution is 5.76. The third-order valence-electron chi connectivity index (χ3n) is 15.4. The number of carbonyl (C=O) groups is 2. The number of hydrogen-bond acceptors (Lipinski definition) is 5. The molecule has 0 saturated carbocycles. The van der Waals surface area contributed by atoms with E-state index in [9.17, 15) is 19.8 Å². The Kier molecular flexibility index (Phi) is 62.0. The number of rotatable bonds is 62. The summed E-state index contributed by atoms with van der Waals surface area (Å²) in [6, 6.07) is -0.632. The zero-order valence-electron chi connectivity index (χ0n) is 49.8. The second kappa shape index (κ2) is 63.6. The monoisotopic (exact) mass is 1040 g/mol. The smallest absolute Gasteiger partial charge is 0.305 e. The maximum Gasteiger partial charge on any atom is 0.305 e. The van der Waals surface area contributed by atoms with E-state index in [0.717, 1.165) is 51.4 Å². The molecule has 0 fully saturated rings. The lowest BCUT2D eigenvalue weighted by molar-refractivity contribution is -0.143. The van der Waals surface area contributed by atoms with Gasteiger partial charge in [-0.25, -0.2) is 0 Å². The Morgan fingerprint density at radius 1 is 0.378 bits per heavy atom. The molecule has 0 aliphatic rings. The molecule has 74 heavy (non-hydrogen) atoms. The SMILES string of the molecule is CCCCCC/C=C\C/C=C\CCCCCCCCCC(=O)OCCCCCCCCCCCCCCCCCCCCCC(=O)NC(CO)C(O)/C=C/CCCCCCCCCCCCCCCCCCCC. The second-order valence-corrected chi connectivity index (χ2v) is 22.8. The molecule has 3 N–H and O–H groups in total. The number of amides is 1. The van der Waals surface area contributed by atoms with Gasteiger partial charge in [0.05, 0.1) is 25.4 Å². The van der Waals surface area contributed by atoms with Gasteiger partial charge in [-0.15, -0.1) is 0 Å². The minimum Gasteiger partial charge on any atom is -0.466 e. The summed E-state index contributed by atoms with van der Waals surface area (Å²) in [6.45, 7) is 4.91. The maximum atomic E-state index is 12.5. The normalized spacial score (nSPS) is 12.8. The van der Waals surface area contributed by atoms with Crippen LogP contribution in [-0.4, -0.2) is 47.4 Å². The number of esters is 1. The summed E-state index contributed by atoms with van der Waals surface area (Å²) in [4.78, 5) is 24.6. The van der Waals surface area contributed by atoms with Crippen molar-refractivity contribution in [2.45, 2.75) is 373 Å². The van der Waals surface area contributed by atoms with Crippen molar-refractivity contribution in [3.8, 4) is 0 Å². The standard InChI is InChI=1S/C68H129NO5/c1-3-5-7-9-11-13-15-17-19-21-23-25-28-32-36-40-44-48-52-56-60-66(71)65(64-70)69-67(72)61-57-53-49-45-41-37-33-29-26-24-27-31-35-39-43-47-51-55-59-63-74-68(73)62-58-54-50-46-42-38-34-30-22-20-18-16-14-12-10-8-6-4-2/h14,16,20,22,56,60,65-66,70-71H,3-13,15,17-19,21,23-55,57-59,61-64H2,1-2H3,(H,69,72)/b16-14-,22-20-,60-56+. The largest absolute Gasteiger partial charge is 0.466 e. The minimum absolute atomic E-state index is 0.00147. The number of nitrogens with one attached hydrogen (secondary N) is 1. The average molecular weight is 1040 g/mol. The number of aliphatic hydroxyl groups excluding tert-OH is 2. The van der Waals surface area contributed by atoms with E-state index in [1.165, 1.54) is 283 Å². The van der Waals surface area contributed by atoms with Crippen molar-refractivity contribution in [3.63, 3.8) is 0 Å². The van der Waals surface area contributed by atoms with E-state index in [0.29, 0.717) is 19.4 Å². The summed E-state index contributed by atoms with van der Waals surface area (Å²) in [6.07, 6.45) is 80.5. The first-order chi connectivity index (χ1) is 36.5. The van der Waals surface area contributed by atoms with E-state index >= 15 is 0 Å². The van der Waals surface area contributed by atoms with Crippen molar-refractivity contribution in [1.82, 2.24) is 5.32 Å². The van der Waals surface area contributed by atoms with Crippen LogP contribution in [0.15, 0.2) is 36.5 Å². The van der Waals surface area contributed by atoms with Gasteiger partial charge in [0.25, 0.3) is 0 Å². The van der Waals surface area contributed by atoms with Gasteiger partial charge in [0.2, 0.25) is 5.91 Å². The minimum atomic E-state index is -0.848. The Bertz CT molecular complexity index is 1200. The van der Waals surface area contributed by atoms with Gasteiger partial charge in [0.15, 0.2) is 0 Å². The number of hydrogen-bond donors (Lipinski definition) is 3. The topological polar surface area (TPSA) is 95.9 Å². The molecule has 0 saturated heterocycles. The van der Waals surface area contributed by atoms with Crippen molar-refractivity contribution in [1.29, 1.82) is 0 Å². The Morgan fingerprint density at radius 3 is 1.04 bits per heavy atom. The van der Waals surface area contributed by atoms with Gasteiger partial charge < -0.3 is 20.3 Å². The Morgan fingerprint density at radius 2 is 0.676 bits per heavy atom. The van der Waals surface area contributed by atoms with Crippen LogP contribution in [0.1, 0.15) is 361 Å². The summed E-state index contributed by atoms with van der Waals surface area (Å²) in [5.41, 5.74) is 0. The van der Waals surface area contributed by atoms with Gasteiger partial charge in [0.1, 0.15) is 0 Å². The first kappa shape index (κ1) is 72.1. The Balaban J connectivity index is 3.43. The van der Waals surface area contributed by atoms with Crippen LogP contribution in [0.5, 0.6) is 0 Å². The highest BCUT2D eigenvalue weighted by Gasteiger charge is 2.18. The van der Waals surface area contributed by atoms with Crippen LogP contribution in [0, 0.1) is 0 Å². The molecule has 0 bridgehead atoms. The quantitative estimate of drug-likeness (QED) is 0.0320. The van der Waals surface area contributed by atoms with E-state index in [-0.39, 0.29) is 18.5 Å². The molecule has 0 aromatic heterocycles. The fourth-order valence-corrected chi connectivity index (χ4v) is 10.3. The third kappa shape index (κ3) is 59.3. The summed E-state index contributed by atoms with van der Waals surface area (Å²) in [5, 5.41) is 23.2. The Labute approximate surface area is 462 Å². The summed E-state index contributed by atoms with van der Waals surface area (Å²) in [7, 11) is 0. The van der Waals surface area contributed by atoms with Crippen molar-refractivity contribution in [2.75, 3.05) is 13.2 Å². The second-order valence-electron chi connectivity index (χ2n) is 22.8. The molecule has 0 spiro atoms. The molecule has 6 nitrogen and oxygen atoms in total. The van der Waals surface area contributed by atoms with Crippen LogP contribution in [0.4, 0.5) is 0 Å². The van der Waals surface area contributed by atoms with Gasteiger partial charge in [-0.05, 0) is 64.2 Å². The van der Waals surface area contributed by atoms with Crippen LogP contribution in [0.3, 0.4) is 0 Å². The van der Waals surface area contributed by atoms with E-state index < -0.39 is 12.1 Å². The van der Waals surface area contributed by atoms with Crippen molar-refractivity contribution in [3.05, 3.63) is 36.5 Å². The number of unbranched alkanes of at least 4 members (excludes halogenated alkanes) is 47. The number of aliphatic hydroxyl groups is 2. The molecule has 6 heteroatoms. The molecular formula is C68H129NO5. The number of allylic oxidation sites excluding steroid dienone is 5. The van der Waals surface area contributed by atoms with Crippen LogP contribution in [-0.2, 0) is 14.3 Å². The van der Waals surface area contributed by atoms with Gasteiger partial charge in [-0.2, -0.15) is 0 Å². The van der Waals surface area contributed by atoms with Gasteiger partial charge in [-0.1, -0.05) is 320 Å². The predicted molar refractivity (Wildman–Crippen MR) is 324 cm³/mol. The zero-order valence-corrected chi connectivity index (χ0v) is 49.8. The molecule has 1 amide bonds.